The summed E-state index contributed by atoms with van der Waals surface area (Å²) in [7, 11) is 0. The number of carbonyl (C=O) groups excluding carboxylic acids is 1. The summed E-state index contributed by atoms with van der Waals surface area (Å²) in [6.45, 7) is 2.81. The zero-order valence-corrected chi connectivity index (χ0v) is 6.05. The lowest BCUT2D eigenvalue weighted by molar-refractivity contribution is -0.321. The number of ether oxygens (including phenoxy) is 1. The van der Waals surface area contributed by atoms with Gasteiger partial charge in [-0.1, -0.05) is 6.92 Å². The summed E-state index contributed by atoms with van der Waals surface area (Å²) < 4.78 is 5.02. The van der Waals surface area contributed by atoms with Gasteiger partial charge in [0.15, 0.2) is 0 Å². The van der Waals surface area contributed by atoms with Gasteiger partial charge in [-0.05, 0) is 12.8 Å². The number of hydrogen-bond acceptors (Lipinski definition) is 3. The van der Waals surface area contributed by atoms with E-state index in [1.807, 2.05) is 0 Å². The Morgan fingerprint density at radius 3 is 2.30 bits per heavy atom. The highest BCUT2D eigenvalue weighted by atomic mass is 16.5. The third-order valence-corrected chi connectivity index (χ3v) is 2.09. The molecule has 0 radical (unpaired) electrons. The summed E-state index contributed by atoms with van der Waals surface area (Å²) in [5, 5.41) is 10.5. The summed E-state index contributed by atoms with van der Waals surface area (Å²) in [4.78, 5) is 10.5. The lowest BCUT2D eigenvalue weighted by Gasteiger charge is -2.34. The van der Waals surface area contributed by atoms with Gasteiger partial charge in [0.05, 0.1) is 0 Å². The van der Waals surface area contributed by atoms with Gasteiger partial charge < -0.3 is 14.6 Å². The minimum Gasteiger partial charge on any atom is -0.550 e. The molecule has 0 bridgehead atoms. The van der Waals surface area contributed by atoms with Gasteiger partial charge in [0, 0.05) is 24.6 Å². The van der Waals surface area contributed by atoms with E-state index in [0.717, 1.165) is 0 Å². The van der Waals surface area contributed by atoms with E-state index in [4.69, 9.17) is 4.74 Å². The Hall–Kier alpha value is -0.570. The zero-order chi connectivity index (χ0) is 7.61. The van der Waals surface area contributed by atoms with Crippen LogP contribution in [0.15, 0.2) is 0 Å². The minimum atomic E-state index is -0.948. The lowest BCUT2D eigenvalue weighted by atomic mass is 9.83. The largest absolute Gasteiger partial charge is 0.550 e. The second kappa shape index (κ2) is 2.58. The highest BCUT2D eigenvalue weighted by Gasteiger charge is 2.28. The zero-order valence-electron chi connectivity index (χ0n) is 6.05. The Kier molecular flexibility index (Phi) is 1.94. The minimum absolute atomic E-state index is 0.546. The van der Waals surface area contributed by atoms with E-state index in [2.05, 4.69) is 0 Å². The Bertz CT molecular complexity index is 136. The van der Waals surface area contributed by atoms with Crippen molar-refractivity contribution in [1.29, 1.82) is 0 Å². The van der Waals surface area contributed by atoms with Crippen molar-refractivity contribution >= 4 is 5.97 Å². The molecule has 1 fully saturated rings. The molecule has 0 aliphatic carbocycles. The van der Waals surface area contributed by atoms with E-state index in [1.54, 1.807) is 6.92 Å². The molecule has 0 spiro atoms. The predicted molar refractivity (Wildman–Crippen MR) is 33.2 cm³/mol. The van der Waals surface area contributed by atoms with Gasteiger partial charge in [-0.25, -0.2) is 0 Å². The van der Waals surface area contributed by atoms with Gasteiger partial charge in [0.25, 0.3) is 0 Å². The monoisotopic (exact) mass is 143 g/mol. The SMILES string of the molecule is CC1(C(=O)[O-])CCOCC1. The molecule has 1 aliphatic heterocycles. The van der Waals surface area contributed by atoms with Gasteiger partial charge in [0.1, 0.15) is 0 Å². The summed E-state index contributed by atoms with van der Waals surface area (Å²) in [6, 6.07) is 0. The number of carboxylic acid groups (broad SMARTS) is 1. The van der Waals surface area contributed by atoms with Crippen molar-refractivity contribution < 1.29 is 14.6 Å². The number of carbonyl (C=O) groups is 1. The highest BCUT2D eigenvalue weighted by Crippen LogP contribution is 2.28. The molecular weight excluding hydrogens is 132 g/mol. The molecule has 0 aromatic carbocycles. The molecule has 1 saturated heterocycles. The number of carboxylic acids is 1. The maximum absolute atomic E-state index is 10.5. The molecular formula is C7H11O3-. The molecule has 0 saturated carbocycles. The van der Waals surface area contributed by atoms with Crippen molar-refractivity contribution in [2.75, 3.05) is 13.2 Å². The van der Waals surface area contributed by atoms with Crippen LogP contribution in [0.25, 0.3) is 0 Å². The quantitative estimate of drug-likeness (QED) is 0.499. The van der Waals surface area contributed by atoms with Crippen molar-refractivity contribution in [3.8, 4) is 0 Å². The lowest BCUT2D eigenvalue weighted by Crippen LogP contribution is -2.43. The first-order valence-corrected chi connectivity index (χ1v) is 3.44. The topological polar surface area (TPSA) is 49.4 Å². The van der Waals surface area contributed by atoms with Crippen LogP contribution in [0.4, 0.5) is 0 Å². The van der Waals surface area contributed by atoms with Gasteiger partial charge >= 0.3 is 0 Å². The maximum atomic E-state index is 10.5. The molecule has 1 rings (SSSR count). The Morgan fingerprint density at radius 2 is 2.00 bits per heavy atom. The Balaban J connectivity index is 2.56. The molecule has 3 heteroatoms. The van der Waals surface area contributed by atoms with Crippen LogP contribution in [-0.2, 0) is 9.53 Å². The van der Waals surface area contributed by atoms with Crippen LogP contribution in [0.3, 0.4) is 0 Å². The average Bonchev–Trinajstić information content (AvgIpc) is 1.89. The van der Waals surface area contributed by atoms with E-state index < -0.39 is 11.4 Å². The van der Waals surface area contributed by atoms with Gasteiger partial charge in [-0.2, -0.15) is 0 Å². The first kappa shape index (κ1) is 7.54. The molecule has 1 heterocycles. The molecule has 0 atom stereocenters. The maximum Gasteiger partial charge on any atom is 0.0475 e. The summed E-state index contributed by atoms with van der Waals surface area (Å²) in [6.07, 6.45) is 1.16. The Labute approximate surface area is 60.0 Å². The van der Waals surface area contributed by atoms with Crippen molar-refractivity contribution in [1.82, 2.24) is 0 Å². The fourth-order valence-corrected chi connectivity index (χ4v) is 1.03. The second-order valence-corrected chi connectivity index (χ2v) is 2.96. The summed E-state index contributed by atoms with van der Waals surface area (Å²) in [5.74, 6) is -0.948. The molecule has 0 amide bonds. The fourth-order valence-electron chi connectivity index (χ4n) is 1.03. The van der Waals surface area contributed by atoms with Crippen molar-refractivity contribution in [3.05, 3.63) is 0 Å². The van der Waals surface area contributed by atoms with E-state index in [1.165, 1.54) is 0 Å². The summed E-state index contributed by atoms with van der Waals surface area (Å²) >= 11 is 0. The molecule has 1 aliphatic rings. The van der Waals surface area contributed by atoms with Crippen LogP contribution < -0.4 is 5.11 Å². The van der Waals surface area contributed by atoms with Crippen molar-refractivity contribution in [3.63, 3.8) is 0 Å². The molecule has 0 unspecified atom stereocenters. The normalized spacial score (nSPS) is 24.1. The molecule has 0 aromatic heterocycles. The van der Waals surface area contributed by atoms with Crippen molar-refractivity contribution in [2.45, 2.75) is 19.8 Å². The molecule has 10 heavy (non-hydrogen) atoms. The van der Waals surface area contributed by atoms with Crippen LogP contribution in [0.2, 0.25) is 0 Å². The third kappa shape index (κ3) is 1.29. The van der Waals surface area contributed by atoms with Crippen LogP contribution in [0.1, 0.15) is 19.8 Å². The number of aliphatic carboxylic acids is 1. The average molecular weight is 143 g/mol. The highest BCUT2D eigenvalue weighted by molar-refractivity contribution is 5.71. The standard InChI is InChI=1S/C7H12O3/c1-7(6(8)9)2-4-10-5-3-7/h2-5H2,1H3,(H,8,9)/p-1. The van der Waals surface area contributed by atoms with Crippen LogP contribution in [0, 0.1) is 5.41 Å². The van der Waals surface area contributed by atoms with Crippen molar-refractivity contribution in [2.24, 2.45) is 5.41 Å². The van der Waals surface area contributed by atoms with Crippen LogP contribution in [-0.4, -0.2) is 19.2 Å². The molecule has 58 valence electrons. The van der Waals surface area contributed by atoms with Gasteiger partial charge in [-0.15, -0.1) is 0 Å². The third-order valence-electron chi connectivity index (χ3n) is 2.09. The Morgan fingerprint density at radius 1 is 1.50 bits per heavy atom. The van der Waals surface area contributed by atoms with Crippen LogP contribution >= 0.6 is 0 Å². The van der Waals surface area contributed by atoms with E-state index in [-0.39, 0.29) is 0 Å². The van der Waals surface area contributed by atoms with E-state index in [0.29, 0.717) is 26.1 Å². The second-order valence-electron chi connectivity index (χ2n) is 2.96. The predicted octanol–water partition coefficient (Wildman–Crippen LogP) is -0.447. The number of rotatable bonds is 1. The van der Waals surface area contributed by atoms with Gasteiger partial charge in [-0.3, -0.25) is 0 Å². The summed E-state index contributed by atoms with van der Waals surface area (Å²) in [5.41, 5.74) is -0.641. The molecule has 0 aromatic rings. The van der Waals surface area contributed by atoms with E-state index in [9.17, 15) is 9.90 Å². The molecule has 0 N–H and O–H groups in total. The molecule has 3 nitrogen and oxygen atoms in total. The first-order valence-electron chi connectivity index (χ1n) is 3.44. The smallest absolute Gasteiger partial charge is 0.0475 e. The number of hydrogen-bond donors (Lipinski definition) is 0. The fraction of sp³-hybridized carbons (Fsp3) is 0.857. The van der Waals surface area contributed by atoms with Gasteiger partial charge in [0.2, 0.25) is 0 Å². The van der Waals surface area contributed by atoms with E-state index >= 15 is 0 Å². The van der Waals surface area contributed by atoms with Crippen LogP contribution in [0.5, 0.6) is 0 Å². The first-order chi connectivity index (χ1) is 4.65.